The van der Waals surface area contributed by atoms with Crippen LogP contribution in [0.5, 0.6) is 11.5 Å². The van der Waals surface area contributed by atoms with Gasteiger partial charge >= 0.3 is 0 Å². The average Bonchev–Trinajstić information content (AvgIpc) is 3.68. The zero-order valence-corrected chi connectivity index (χ0v) is 42.2. The third-order valence-electron chi connectivity index (χ3n) is 11.7. The van der Waals surface area contributed by atoms with E-state index in [-0.39, 0.29) is 69.1 Å². The van der Waals surface area contributed by atoms with Gasteiger partial charge in [0, 0.05) is 87.8 Å². The minimum Gasteiger partial charge on any atom is -0.457 e. The molecule has 16 nitrogen and oxygen atoms in total. The summed E-state index contributed by atoms with van der Waals surface area (Å²) in [7, 11) is 12.5. The van der Waals surface area contributed by atoms with E-state index in [0.717, 1.165) is 35.5 Å². The van der Waals surface area contributed by atoms with E-state index in [1.807, 2.05) is 70.7 Å². The second-order valence-corrected chi connectivity index (χ2v) is 17.9. The third kappa shape index (κ3) is 17.0. The van der Waals surface area contributed by atoms with Crippen LogP contribution in [-0.2, 0) is 55.3 Å². The molecule has 0 fully saturated rings. The Balaban J connectivity index is 1.41. The van der Waals surface area contributed by atoms with E-state index >= 15 is 0 Å². The summed E-state index contributed by atoms with van der Waals surface area (Å²) < 4.78 is 13.7. The van der Waals surface area contributed by atoms with Gasteiger partial charge in [0.15, 0.2) is 0 Å². The van der Waals surface area contributed by atoms with Gasteiger partial charge in [0.1, 0.15) is 29.7 Å². The molecular weight excluding hydrogens is 910 g/mol. The molecule has 0 bridgehead atoms. The molecule has 0 radical (unpaired) electrons. The fourth-order valence-electron chi connectivity index (χ4n) is 7.64. The van der Waals surface area contributed by atoms with Gasteiger partial charge in [-0.05, 0) is 108 Å². The average molecular weight is 979 g/mol. The first kappa shape index (κ1) is 55.2. The summed E-state index contributed by atoms with van der Waals surface area (Å²) in [5.41, 5.74) is 3.46. The van der Waals surface area contributed by atoms with Crippen molar-refractivity contribution in [3.8, 4) is 22.8 Å². The molecule has 3 aromatic carbocycles. The van der Waals surface area contributed by atoms with Gasteiger partial charge in [0.05, 0.1) is 37.6 Å². The van der Waals surface area contributed by atoms with E-state index < -0.39 is 18.1 Å². The fourth-order valence-corrected chi connectivity index (χ4v) is 7.92. The van der Waals surface area contributed by atoms with Crippen molar-refractivity contribution in [1.29, 1.82) is 0 Å². The number of nitrogens with zero attached hydrogens (tertiary/aromatic N) is 6. The summed E-state index contributed by atoms with van der Waals surface area (Å²) in [6.45, 7) is 4.69. The summed E-state index contributed by atoms with van der Waals surface area (Å²) in [5, 5.41) is 10.1. The molecule has 0 aliphatic rings. The number of hydrogen-bond acceptors (Lipinski definition) is 11. The van der Waals surface area contributed by atoms with Crippen molar-refractivity contribution in [1.82, 2.24) is 45.1 Å². The molecule has 0 spiro atoms. The van der Waals surface area contributed by atoms with Crippen LogP contribution < -0.4 is 20.7 Å². The van der Waals surface area contributed by atoms with Crippen LogP contribution >= 0.6 is 23.2 Å². The van der Waals surface area contributed by atoms with E-state index in [2.05, 4.69) is 30.4 Å². The molecule has 0 aliphatic carbocycles. The Morgan fingerprint density at radius 1 is 0.897 bits per heavy atom. The van der Waals surface area contributed by atoms with Crippen LogP contribution in [0.1, 0.15) is 56.0 Å². The molecule has 18 heteroatoms. The topological polar surface area (TPSA) is 171 Å². The van der Waals surface area contributed by atoms with Crippen molar-refractivity contribution in [2.24, 2.45) is 7.05 Å². The highest BCUT2D eigenvalue weighted by Crippen LogP contribution is 2.32. The second-order valence-electron chi connectivity index (χ2n) is 17.1. The Labute approximate surface area is 411 Å². The lowest BCUT2D eigenvalue weighted by molar-refractivity contribution is -0.140. The van der Waals surface area contributed by atoms with E-state index in [1.54, 1.807) is 56.4 Å². The summed E-state index contributed by atoms with van der Waals surface area (Å²) in [6, 6.07) is 18.2. The Kier molecular flexibility index (Phi) is 22.9. The number of amides is 4. The number of carbonyl (C=O) groups is 5. The SMILES string of the molecule is CCNCCCC(C=O)N(Cc1ccc(Cl)cc1Oc1ccc(-c2cnc(CN(C)C)n2C)cc1)C(=O)CCC(=O)N(C)CCNC(=O)CC(Cc1ccc(Cl)cc1)N(C)C(=O)C(COC)NC. The van der Waals surface area contributed by atoms with E-state index in [1.165, 1.54) is 16.9 Å². The zero-order chi connectivity index (χ0) is 49.8. The first-order chi connectivity index (χ1) is 32.6. The predicted molar refractivity (Wildman–Crippen MR) is 267 cm³/mol. The maximum atomic E-state index is 14.1. The number of hydrogen-bond donors (Lipinski definition) is 3. The van der Waals surface area contributed by atoms with Gasteiger partial charge in [-0.25, -0.2) is 4.98 Å². The van der Waals surface area contributed by atoms with Gasteiger partial charge < -0.3 is 54.4 Å². The van der Waals surface area contributed by atoms with Crippen molar-refractivity contribution in [3.63, 3.8) is 0 Å². The van der Waals surface area contributed by atoms with Gasteiger partial charge in [-0.15, -0.1) is 0 Å². The molecule has 370 valence electrons. The molecule has 4 amide bonds. The molecule has 3 atom stereocenters. The lowest BCUT2D eigenvalue weighted by Gasteiger charge is -2.31. The molecule has 1 aromatic heterocycles. The number of halogens is 2. The van der Waals surface area contributed by atoms with Crippen molar-refractivity contribution < 1.29 is 33.4 Å². The van der Waals surface area contributed by atoms with Gasteiger partial charge in [0.25, 0.3) is 0 Å². The molecule has 0 aliphatic heterocycles. The largest absolute Gasteiger partial charge is 0.457 e. The second kappa shape index (κ2) is 28.2. The predicted octanol–water partition coefficient (Wildman–Crippen LogP) is 5.58. The summed E-state index contributed by atoms with van der Waals surface area (Å²) in [4.78, 5) is 78.1. The number of aldehydes is 1. The quantitative estimate of drug-likeness (QED) is 0.0459. The van der Waals surface area contributed by atoms with Crippen molar-refractivity contribution >= 4 is 53.1 Å². The summed E-state index contributed by atoms with van der Waals surface area (Å²) in [5.74, 6) is 0.736. The molecule has 4 aromatic rings. The number of imidazole rings is 1. The minimum atomic E-state index is -0.759. The number of aromatic nitrogens is 2. The Morgan fingerprint density at radius 2 is 1.59 bits per heavy atom. The monoisotopic (exact) mass is 977 g/mol. The maximum Gasteiger partial charge on any atom is 0.242 e. The van der Waals surface area contributed by atoms with Gasteiger partial charge in [-0.1, -0.05) is 48.3 Å². The molecular formula is C50H69Cl2N9O7. The molecule has 0 saturated carbocycles. The lowest BCUT2D eigenvalue weighted by atomic mass is 10.0. The first-order valence-corrected chi connectivity index (χ1v) is 23.7. The number of likely N-dealkylation sites (N-methyl/N-ethyl adjacent to an activating group) is 3. The van der Waals surface area contributed by atoms with E-state index in [4.69, 9.17) is 32.7 Å². The highest BCUT2D eigenvalue weighted by atomic mass is 35.5. The Bertz CT molecular complexity index is 2240. The normalized spacial score (nSPS) is 12.6. The van der Waals surface area contributed by atoms with Gasteiger partial charge in [-0.2, -0.15) is 0 Å². The molecule has 68 heavy (non-hydrogen) atoms. The standard InChI is InChI=1S/C50H69Cl2N9O7/c1-9-54-24-10-11-40(33-62)61(31-37-14-19-39(52)28-45(37)68-42-20-15-36(16-21-42)44-30-56-46(60(44)7)32-57(3)4)49(65)23-22-48(64)58(5)26-25-55-47(63)29-41(27-35-12-17-38(51)18-13-35)59(6)50(66)43(53-2)34-67-8/h12-21,28,30,33,40-41,43,53-54H,9-11,22-27,29,31-32,34H2,1-8H3,(H,55,63). The van der Waals surface area contributed by atoms with Crippen molar-refractivity contribution in [2.75, 3.05) is 75.1 Å². The van der Waals surface area contributed by atoms with Crippen LogP contribution in [0.25, 0.3) is 11.3 Å². The summed E-state index contributed by atoms with van der Waals surface area (Å²) >= 11 is 12.6. The molecule has 1 heterocycles. The number of carbonyl (C=O) groups excluding carboxylic acids is 5. The van der Waals surface area contributed by atoms with Crippen LogP contribution in [-0.4, -0.2) is 152 Å². The zero-order valence-electron chi connectivity index (χ0n) is 40.7. The molecule has 3 N–H and O–H groups in total. The van der Waals surface area contributed by atoms with E-state index in [9.17, 15) is 24.0 Å². The molecule has 3 unspecified atom stereocenters. The van der Waals surface area contributed by atoms with Crippen LogP contribution in [0.4, 0.5) is 0 Å². The Morgan fingerprint density at radius 3 is 2.24 bits per heavy atom. The third-order valence-corrected chi connectivity index (χ3v) is 12.2. The van der Waals surface area contributed by atoms with Crippen molar-refractivity contribution in [3.05, 3.63) is 99.9 Å². The van der Waals surface area contributed by atoms with Crippen LogP contribution in [0.2, 0.25) is 10.0 Å². The molecule has 0 saturated heterocycles. The number of nitrogens with one attached hydrogen (secondary N) is 3. The van der Waals surface area contributed by atoms with Crippen molar-refractivity contribution in [2.45, 2.75) is 76.7 Å². The summed E-state index contributed by atoms with van der Waals surface area (Å²) in [6.07, 6.45) is 3.86. The Hall–Kier alpha value is -5.36. The number of ether oxygens (including phenoxy) is 2. The number of rotatable bonds is 29. The van der Waals surface area contributed by atoms with E-state index in [0.29, 0.717) is 59.5 Å². The minimum absolute atomic E-state index is 0.0135. The highest BCUT2D eigenvalue weighted by Gasteiger charge is 2.29. The lowest BCUT2D eigenvalue weighted by Crippen LogP contribution is -2.51. The fraction of sp³-hybridized carbons (Fsp3) is 0.480. The number of benzene rings is 3. The number of methoxy groups -OCH3 is 1. The maximum absolute atomic E-state index is 14.1. The molecule has 4 rings (SSSR count). The van der Waals surface area contributed by atoms with Crippen LogP contribution in [0, 0.1) is 0 Å². The van der Waals surface area contributed by atoms with Crippen LogP contribution in [0.15, 0.2) is 72.9 Å². The van der Waals surface area contributed by atoms with Crippen LogP contribution in [0.3, 0.4) is 0 Å². The smallest absolute Gasteiger partial charge is 0.242 e. The first-order valence-electron chi connectivity index (χ1n) is 22.9. The highest BCUT2D eigenvalue weighted by molar-refractivity contribution is 6.31. The van der Waals surface area contributed by atoms with Gasteiger partial charge in [-0.3, -0.25) is 19.2 Å². The van der Waals surface area contributed by atoms with Gasteiger partial charge in [0.2, 0.25) is 23.6 Å².